The summed E-state index contributed by atoms with van der Waals surface area (Å²) in [4.78, 5) is 86.1. The van der Waals surface area contributed by atoms with Crippen LogP contribution in [0, 0.1) is 16.2 Å². The standard InChI is InChI=1S/C68H84F3N9O10S3/c1-4-66-43-67(44-66,45-66)53-40-65(2,3)28-26-47(53)41-77-33-35-78(36-34-77)49-20-18-46(19-21-49)61(83)75-93(89,90)51-22-23-54(57(39-51)92(87,88)68(69,70)71)73-48(42-91-50-13-8-7-9-14-50)27-30-76-31-37-79(38-32-76)59(82)17-10-5-6-11-29-72-55-16-12-15-52-60(55)64(86)80(63(52)85)56-24-25-58(81)74-62(56)84/h7-9,12-16,18-23,39,48,56,72-73H,4-6,10-11,17,24-38,40-45H2,1-3H3,(H,75,83)(H,74,81,84)/t48-,56?,66?,67?/m1/s1. The number of carbonyl (C=O) groups is 6. The van der Waals surface area contributed by atoms with Gasteiger partial charge < -0.3 is 20.4 Å². The monoisotopic (exact) mass is 1340 g/mol. The van der Waals surface area contributed by atoms with Crippen LogP contribution in [0.4, 0.5) is 30.2 Å². The van der Waals surface area contributed by atoms with Crippen molar-refractivity contribution < 1.29 is 58.8 Å². The zero-order valence-corrected chi connectivity index (χ0v) is 55.5. The maximum Gasteiger partial charge on any atom is 0.501 e. The number of halogens is 3. The Morgan fingerprint density at radius 1 is 0.774 bits per heavy atom. The number of sulfonamides is 1. The van der Waals surface area contributed by atoms with Crippen LogP contribution in [0.15, 0.2) is 117 Å². The number of allylic oxidation sites excluding steroid dienone is 1. The number of imide groups is 2. The lowest BCUT2D eigenvalue weighted by molar-refractivity contribution is -0.182. The summed E-state index contributed by atoms with van der Waals surface area (Å²) < 4.78 is 100.0. The number of sulfone groups is 1. The maximum atomic E-state index is 14.5. The molecule has 2 atom stereocenters. The number of nitrogens with zero attached hydrogens (tertiary/aromatic N) is 5. The van der Waals surface area contributed by atoms with E-state index in [0.717, 1.165) is 86.0 Å². The summed E-state index contributed by atoms with van der Waals surface area (Å²) in [5, 5.41) is 8.48. The fourth-order valence-corrected chi connectivity index (χ4v) is 17.9. The Hall–Kier alpha value is -6.80. The number of unbranched alkanes of at least 4 members (excludes halogenated alkanes) is 3. The molecule has 0 aromatic heterocycles. The Bertz CT molecular complexity index is 3760. The number of piperidine rings is 1. The minimum atomic E-state index is -6.15. The maximum absolute atomic E-state index is 14.5. The van der Waals surface area contributed by atoms with Gasteiger partial charge in [0.1, 0.15) is 10.9 Å². The third-order valence-corrected chi connectivity index (χ3v) is 24.3. The van der Waals surface area contributed by atoms with Crippen LogP contribution in [0.2, 0.25) is 0 Å². The summed E-state index contributed by atoms with van der Waals surface area (Å²) in [6, 6.07) is 21.3. The molecule has 3 saturated heterocycles. The van der Waals surface area contributed by atoms with Gasteiger partial charge in [0, 0.05) is 118 Å². The van der Waals surface area contributed by atoms with Crippen LogP contribution < -0.4 is 25.6 Å². The number of rotatable bonds is 26. The highest BCUT2D eigenvalue weighted by Gasteiger charge is 2.68. The van der Waals surface area contributed by atoms with Gasteiger partial charge >= 0.3 is 5.51 Å². The SMILES string of the molecule is CCC12CC(C3=C(CN4CCN(c5ccc(C(=O)NS(=O)(=O)c6ccc(N[C@H](CCN7CCN(C(=O)CCCCCCNc8cccc9c8C(=O)N(C8CCC(=O)NC8=O)C9=O)CC7)CSc7ccccc7)c(S(=O)(=O)C(F)(F)F)c6)cc5)CC4)CCC(C)(C)C3)(C1)C2. The van der Waals surface area contributed by atoms with Crippen LogP contribution in [0.25, 0.3) is 0 Å². The van der Waals surface area contributed by atoms with Crippen molar-refractivity contribution in [3.8, 4) is 0 Å². The normalized spacial score (nSPS) is 23.0. The number of anilines is 3. The van der Waals surface area contributed by atoms with Crippen LogP contribution in [-0.4, -0.2) is 167 Å². The molecule has 3 saturated carbocycles. The molecule has 1 unspecified atom stereocenters. The van der Waals surface area contributed by atoms with Crippen LogP contribution >= 0.6 is 11.8 Å². The van der Waals surface area contributed by atoms with E-state index in [9.17, 15) is 58.8 Å². The van der Waals surface area contributed by atoms with E-state index in [1.54, 1.807) is 46.4 Å². The Labute approximate surface area is 547 Å². The topological polar surface area (TPSA) is 235 Å². The van der Waals surface area contributed by atoms with Gasteiger partial charge in [0.2, 0.25) is 17.7 Å². The lowest BCUT2D eigenvalue weighted by Crippen LogP contribution is -2.63. The number of fused-ring (bicyclic) bond motifs is 1. The van der Waals surface area contributed by atoms with Gasteiger partial charge in [0.25, 0.3) is 37.6 Å². The molecule has 8 aliphatic rings. The molecule has 6 amide bonds. The first kappa shape index (κ1) is 67.6. The minimum Gasteiger partial charge on any atom is -0.384 e. The molecule has 25 heteroatoms. The number of benzene rings is 4. The predicted octanol–water partition coefficient (Wildman–Crippen LogP) is 9.88. The average molecular weight is 1340 g/mol. The smallest absolute Gasteiger partial charge is 0.384 e. The number of piperazine rings is 2. The third kappa shape index (κ3) is 14.9. The molecule has 4 aliphatic carbocycles. The second-order valence-electron chi connectivity index (χ2n) is 27.2. The molecule has 12 rings (SSSR count). The lowest BCUT2D eigenvalue weighted by Gasteiger charge is -2.73. The highest BCUT2D eigenvalue weighted by atomic mass is 32.2. The van der Waals surface area contributed by atoms with Crippen molar-refractivity contribution in [2.75, 3.05) is 93.3 Å². The highest BCUT2D eigenvalue weighted by molar-refractivity contribution is 7.99. The molecule has 4 aromatic carbocycles. The molecular weight excluding hydrogens is 1260 g/mol. The molecule has 4 N–H and O–H groups in total. The van der Waals surface area contributed by atoms with E-state index in [1.807, 2.05) is 35.1 Å². The second kappa shape index (κ2) is 27.5. The van der Waals surface area contributed by atoms with E-state index in [4.69, 9.17) is 0 Å². The first-order valence-corrected chi connectivity index (χ1v) is 36.6. The summed E-state index contributed by atoms with van der Waals surface area (Å²) in [7, 11) is -11.1. The largest absolute Gasteiger partial charge is 0.501 e. The zero-order valence-electron chi connectivity index (χ0n) is 53.1. The van der Waals surface area contributed by atoms with Gasteiger partial charge in [-0.2, -0.15) is 13.2 Å². The van der Waals surface area contributed by atoms with E-state index in [-0.39, 0.29) is 41.2 Å². The van der Waals surface area contributed by atoms with Gasteiger partial charge in [-0.3, -0.25) is 48.8 Å². The number of amides is 6. The Morgan fingerprint density at radius 2 is 1.47 bits per heavy atom. The molecule has 2 bridgehead atoms. The van der Waals surface area contributed by atoms with Gasteiger partial charge in [0.15, 0.2) is 0 Å². The highest BCUT2D eigenvalue weighted by Crippen LogP contribution is 2.79. The Balaban J connectivity index is 0.654. The summed E-state index contributed by atoms with van der Waals surface area (Å²) in [5.41, 5.74) is 0.154. The van der Waals surface area contributed by atoms with Crippen LogP contribution in [0.3, 0.4) is 0 Å². The molecule has 93 heavy (non-hydrogen) atoms. The van der Waals surface area contributed by atoms with Gasteiger partial charge in [-0.1, -0.05) is 75.4 Å². The van der Waals surface area contributed by atoms with E-state index in [1.165, 1.54) is 62.4 Å². The first-order valence-electron chi connectivity index (χ1n) is 32.6. The minimum absolute atomic E-state index is 0.0110. The molecule has 6 fully saturated rings. The second-order valence-corrected chi connectivity index (χ2v) is 31.9. The van der Waals surface area contributed by atoms with Gasteiger partial charge in [-0.25, -0.2) is 21.6 Å². The molecule has 4 aromatic rings. The molecule has 500 valence electrons. The van der Waals surface area contributed by atoms with E-state index in [0.29, 0.717) is 86.5 Å². The number of thioether (sulfide) groups is 1. The zero-order chi connectivity index (χ0) is 66.1. The summed E-state index contributed by atoms with van der Waals surface area (Å²) in [5.74, 6) is -3.04. The van der Waals surface area contributed by atoms with Crippen molar-refractivity contribution in [2.45, 2.75) is 149 Å². The number of alkyl halides is 3. The number of carbonyl (C=O) groups excluding carboxylic acids is 6. The molecule has 4 aliphatic heterocycles. The van der Waals surface area contributed by atoms with Crippen molar-refractivity contribution in [3.63, 3.8) is 0 Å². The van der Waals surface area contributed by atoms with Crippen molar-refractivity contribution in [2.24, 2.45) is 16.2 Å². The van der Waals surface area contributed by atoms with Gasteiger partial charge in [-0.05, 0) is 147 Å². The van der Waals surface area contributed by atoms with Crippen molar-refractivity contribution in [3.05, 3.63) is 119 Å². The summed E-state index contributed by atoms with van der Waals surface area (Å²) in [6.45, 7) is 14.3. The van der Waals surface area contributed by atoms with Gasteiger partial charge in [0.05, 0.1) is 21.7 Å². The molecular formula is C68H84F3N9O10S3. The van der Waals surface area contributed by atoms with Crippen molar-refractivity contribution >= 4 is 84.1 Å². The van der Waals surface area contributed by atoms with Crippen molar-refractivity contribution in [1.82, 2.24) is 29.6 Å². The number of hydrogen-bond acceptors (Lipinski definition) is 16. The number of hydrogen-bond donors (Lipinski definition) is 4. The van der Waals surface area contributed by atoms with E-state index < -0.39 is 82.5 Å². The fraction of sp³-hybridized carbons (Fsp3) is 0.529. The molecule has 19 nitrogen and oxygen atoms in total. The van der Waals surface area contributed by atoms with E-state index >= 15 is 0 Å². The van der Waals surface area contributed by atoms with Crippen LogP contribution in [-0.2, 0) is 34.2 Å². The van der Waals surface area contributed by atoms with Gasteiger partial charge in [-0.15, -0.1) is 11.8 Å². The van der Waals surface area contributed by atoms with E-state index in [2.05, 4.69) is 51.4 Å². The Kier molecular flexibility index (Phi) is 20.0. The third-order valence-electron chi connectivity index (χ3n) is 20.3. The van der Waals surface area contributed by atoms with Crippen molar-refractivity contribution in [1.29, 1.82) is 0 Å². The number of nitrogens with one attached hydrogen (secondary N) is 4. The quantitative estimate of drug-likeness (QED) is 0.0198. The summed E-state index contributed by atoms with van der Waals surface area (Å²) in [6.07, 6.45) is 12.5. The molecule has 4 heterocycles. The Morgan fingerprint density at radius 3 is 2.16 bits per heavy atom. The van der Waals surface area contributed by atoms with Crippen LogP contribution in [0.5, 0.6) is 0 Å². The molecule has 0 spiro atoms. The predicted molar refractivity (Wildman–Crippen MR) is 350 cm³/mol. The molecule has 0 radical (unpaired) electrons. The summed E-state index contributed by atoms with van der Waals surface area (Å²) >= 11 is 1.41. The lowest BCUT2D eigenvalue weighted by atomic mass is 9.31. The van der Waals surface area contributed by atoms with Crippen LogP contribution in [0.1, 0.15) is 148 Å². The average Bonchev–Trinajstić information content (AvgIpc) is 1.11. The fourth-order valence-electron chi connectivity index (χ4n) is 14.9. The first-order chi connectivity index (χ1) is 44.3.